The third kappa shape index (κ3) is 2.20. The van der Waals surface area contributed by atoms with Crippen LogP contribution in [-0.4, -0.2) is 54.6 Å². The predicted molar refractivity (Wildman–Crippen MR) is 105 cm³/mol. The van der Waals surface area contributed by atoms with Gasteiger partial charge in [-0.25, -0.2) is 0 Å². The van der Waals surface area contributed by atoms with E-state index < -0.39 is 52.1 Å². The number of rotatable bonds is 1. The SMILES string of the molecule is CC(=O)C1=C(O)C2(O)C(=O)c3c(c(C)c4ccc(C)c(O)c4c3O)CC2C(O)C1=O. The first kappa shape index (κ1) is 20.1. The van der Waals surface area contributed by atoms with E-state index in [-0.39, 0.29) is 28.7 Å². The summed E-state index contributed by atoms with van der Waals surface area (Å²) in [7, 11) is 0. The first-order valence-electron chi connectivity index (χ1n) is 9.35. The molecule has 8 nitrogen and oxygen atoms in total. The lowest BCUT2D eigenvalue weighted by Gasteiger charge is -2.44. The Morgan fingerprint density at radius 1 is 1.10 bits per heavy atom. The van der Waals surface area contributed by atoms with Crippen LogP contribution in [-0.2, 0) is 16.0 Å². The van der Waals surface area contributed by atoms with Gasteiger partial charge in [-0.3, -0.25) is 14.4 Å². The highest BCUT2D eigenvalue weighted by molar-refractivity contribution is 6.25. The van der Waals surface area contributed by atoms with Crippen LogP contribution in [0.5, 0.6) is 11.5 Å². The number of phenolic OH excluding ortho intramolecular Hbond substituents is 2. The highest BCUT2D eigenvalue weighted by Gasteiger charge is 2.61. The molecule has 2 aliphatic carbocycles. The Morgan fingerprint density at radius 3 is 2.33 bits per heavy atom. The number of benzene rings is 2. The van der Waals surface area contributed by atoms with Crippen molar-refractivity contribution in [1.82, 2.24) is 0 Å². The maximum atomic E-state index is 13.4. The molecule has 0 saturated carbocycles. The minimum Gasteiger partial charge on any atom is -0.508 e. The van der Waals surface area contributed by atoms with Crippen LogP contribution in [0.25, 0.3) is 10.8 Å². The highest BCUT2D eigenvalue weighted by atomic mass is 16.4. The monoisotopic (exact) mass is 412 g/mol. The molecule has 0 heterocycles. The van der Waals surface area contributed by atoms with Crippen molar-refractivity contribution in [2.75, 3.05) is 0 Å². The molecule has 3 atom stereocenters. The largest absolute Gasteiger partial charge is 0.508 e. The lowest BCUT2D eigenvalue weighted by molar-refractivity contribution is -0.138. The minimum absolute atomic E-state index is 0.0179. The summed E-state index contributed by atoms with van der Waals surface area (Å²) in [6, 6.07) is 3.31. The quantitative estimate of drug-likeness (QED) is 0.440. The molecule has 2 aromatic carbocycles. The van der Waals surface area contributed by atoms with Gasteiger partial charge in [-0.1, -0.05) is 12.1 Å². The van der Waals surface area contributed by atoms with Gasteiger partial charge in [0.2, 0.25) is 5.78 Å². The van der Waals surface area contributed by atoms with E-state index in [1.54, 1.807) is 26.0 Å². The zero-order valence-corrected chi connectivity index (χ0v) is 16.5. The van der Waals surface area contributed by atoms with Crippen LogP contribution in [0.2, 0.25) is 0 Å². The molecule has 2 aromatic rings. The van der Waals surface area contributed by atoms with Gasteiger partial charge in [0.05, 0.1) is 10.9 Å². The number of hydrogen-bond acceptors (Lipinski definition) is 8. The number of phenols is 2. The van der Waals surface area contributed by atoms with E-state index in [4.69, 9.17) is 0 Å². The molecule has 0 aliphatic heterocycles. The number of aromatic hydroxyl groups is 2. The van der Waals surface area contributed by atoms with E-state index in [0.717, 1.165) is 6.92 Å². The maximum Gasteiger partial charge on any atom is 0.206 e. The fraction of sp³-hybridized carbons (Fsp3) is 0.318. The molecule has 0 amide bonds. The molecule has 0 bridgehead atoms. The topological polar surface area (TPSA) is 152 Å². The zero-order valence-electron chi connectivity index (χ0n) is 16.5. The molecule has 0 aromatic heterocycles. The highest BCUT2D eigenvalue weighted by Crippen LogP contribution is 2.50. The van der Waals surface area contributed by atoms with Crippen LogP contribution >= 0.6 is 0 Å². The van der Waals surface area contributed by atoms with Crippen molar-refractivity contribution in [3.05, 3.63) is 45.7 Å². The summed E-state index contributed by atoms with van der Waals surface area (Å²) in [4.78, 5) is 37.7. The average molecular weight is 412 g/mol. The van der Waals surface area contributed by atoms with E-state index in [9.17, 15) is 39.9 Å². The number of hydrogen-bond donors (Lipinski definition) is 5. The van der Waals surface area contributed by atoms with E-state index in [0.29, 0.717) is 16.5 Å². The Hall–Kier alpha value is -3.23. The molecule has 0 fully saturated rings. The third-order valence-corrected chi connectivity index (χ3v) is 6.39. The minimum atomic E-state index is -2.77. The standard InChI is InChI=1S/C22H20O8/c1-7-4-5-10-8(2)11-6-12-17(25)19(27)13(9(3)23)20(28)22(12,30)21(29)15(11)18(26)14(10)16(7)24/h4-5,12,17,24-26,28,30H,6H2,1-3H3. The Kier molecular flexibility index (Phi) is 4.10. The van der Waals surface area contributed by atoms with Gasteiger partial charge in [0.25, 0.3) is 0 Å². The molecule has 30 heavy (non-hydrogen) atoms. The number of fused-ring (bicyclic) bond motifs is 3. The number of ketones is 3. The molecule has 2 aliphatic rings. The van der Waals surface area contributed by atoms with Gasteiger partial charge in [0, 0.05) is 5.92 Å². The Balaban J connectivity index is 2.11. The molecule has 0 saturated heterocycles. The van der Waals surface area contributed by atoms with Gasteiger partial charge in [0.1, 0.15) is 28.9 Å². The second-order valence-corrected chi connectivity index (χ2v) is 7.98. The van der Waals surface area contributed by atoms with Gasteiger partial charge in [-0.15, -0.1) is 0 Å². The van der Waals surface area contributed by atoms with Gasteiger partial charge in [-0.2, -0.15) is 0 Å². The van der Waals surface area contributed by atoms with Crippen molar-refractivity contribution in [2.45, 2.75) is 38.9 Å². The van der Waals surface area contributed by atoms with Crippen LogP contribution in [0, 0.1) is 19.8 Å². The molecule has 0 spiro atoms. The number of carbonyl (C=O) groups excluding carboxylic acids is 3. The fourth-order valence-electron chi connectivity index (χ4n) is 4.69. The first-order valence-corrected chi connectivity index (χ1v) is 9.35. The smallest absolute Gasteiger partial charge is 0.206 e. The Bertz CT molecular complexity index is 1220. The number of carbonyl (C=O) groups is 3. The van der Waals surface area contributed by atoms with Crippen LogP contribution in [0.3, 0.4) is 0 Å². The van der Waals surface area contributed by atoms with Crippen molar-refractivity contribution in [2.24, 2.45) is 5.92 Å². The molecular formula is C22H20O8. The van der Waals surface area contributed by atoms with Gasteiger partial charge in [-0.05, 0) is 49.3 Å². The summed E-state index contributed by atoms with van der Waals surface area (Å²) < 4.78 is 0. The predicted octanol–water partition coefficient (Wildman–Crippen LogP) is 1.30. The second-order valence-electron chi connectivity index (χ2n) is 7.98. The van der Waals surface area contributed by atoms with Crippen molar-refractivity contribution in [3.8, 4) is 11.5 Å². The van der Waals surface area contributed by atoms with E-state index in [1.165, 1.54) is 0 Å². The van der Waals surface area contributed by atoms with Gasteiger partial charge < -0.3 is 25.5 Å². The van der Waals surface area contributed by atoms with Crippen LogP contribution in [0.15, 0.2) is 23.5 Å². The first-order chi connectivity index (χ1) is 13.9. The van der Waals surface area contributed by atoms with Crippen LogP contribution in [0.1, 0.15) is 34.0 Å². The fourth-order valence-corrected chi connectivity index (χ4v) is 4.69. The van der Waals surface area contributed by atoms with Crippen molar-refractivity contribution < 1.29 is 39.9 Å². The molecule has 8 heteroatoms. The summed E-state index contributed by atoms with van der Waals surface area (Å²) in [6.45, 7) is 4.24. The summed E-state index contributed by atoms with van der Waals surface area (Å²) in [5, 5.41) is 54.1. The zero-order chi connectivity index (χ0) is 22.3. The maximum absolute atomic E-state index is 13.4. The molecule has 0 radical (unpaired) electrons. The summed E-state index contributed by atoms with van der Waals surface area (Å²) in [5.41, 5.74) is -2.67. The van der Waals surface area contributed by atoms with Crippen molar-refractivity contribution >= 4 is 28.1 Å². The molecule has 156 valence electrons. The Morgan fingerprint density at radius 2 is 1.73 bits per heavy atom. The van der Waals surface area contributed by atoms with Crippen molar-refractivity contribution in [3.63, 3.8) is 0 Å². The van der Waals surface area contributed by atoms with Gasteiger partial charge in [0.15, 0.2) is 17.2 Å². The third-order valence-electron chi connectivity index (χ3n) is 6.39. The van der Waals surface area contributed by atoms with Gasteiger partial charge >= 0.3 is 0 Å². The normalized spacial score (nSPS) is 26.0. The number of aliphatic hydroxyl groups is 3. The summed E-state index contributed by atoms with van der Waals surface area (Å²) in [6.07, 6.45) is -2.12. The number of aliphatic hydroxyl groups excluding tert-OH is 2. The molecule has 5 N–H and O–H groups in total. The summed E-state index contributed by atoms with van der Waals surface area (Å²) >= 11 is 0. The summed E-state index contributed by atoms with van der Waals surface area (Å²) in [5.74, 6) is -6.51. The lowest BCUT2D eigenvalue weighted by Crippen LogP contribution is -2.61. The van der Waals surface area contributed by atoms with Crippen LogP contribution < -0.4 is 0 Å². The Labute approximate surface area is 170 Å². The number of Topliss-reactive ketones (excluding diaryl/α,β-unsaturated/α-hetero) is 3. The van der Waals surface area contributed by atoms with E-state index in [1.807, 2.05) is 0 Å². The molecule has 3 unspecified atom stereocenters. The van der Waals surface area contributed by atoms with Crippen LogP contribution in [0.4, 0.5) is 0 Å². The van der Waals surface area contributed by atoms with Crippen molar-refractivity contribution in [1.29, 1.82) is 0 Å². The molecular weight excluding hydrogens is 392 g/mol. The van der Waals surface area contributed by atoms with E-state index in [2.05, 4.69) is 0 Å². The average Bonchev–Trinajstić information content (AvgIpc) is 2.68. The lowest BCUT2D eigenvalue weighted by atomic mass is 9.62. The second kappa shape index (κ2) is 6.13. The molecule has 4 rings (SSSR count). The number of aryl methyl sites for hydroxylation is 2. The van der Waals surface area contributed by atoms with E-state index >= 15 is 0 Å².